The van der Waals surface area contributed by atoms with Gasteiger partial charge in [0.15, 0.2) is 5.76 Å². The second-order valence-electron chi connectivity index (χ2n) is 5.36. The molecular weight excluding hydrogens is 262 g/mol. The van der Waals surface area contributed by atoms with Gasteiger partial charge < -0.3 is 9.73 Å². The molecular formula is C13H17N3O4. The molecule has 7 nitrogen and oxygen atoms in total. The minimum Gasteiger partial charge on any atom is -0.395 e. The summed E-state index contributed by atoms with van der Waals surface area (Å²) in [7, 11) is 0. The Labute approximate surface area is 116 Å². The van der Waals surface area contributed by atoms with Gasteiger partial charge in [-0.15, -0.1) is 0 Å². The van der Waals surface area contributed by atoms with Crippen LogP contribution in [0.3, 0.4) is 0 Å². The van der Waals surface area contributed by atoms with E-state index in [9.17, 15) is 14.9 Å². The fraction of sp³-hybridized carbons (Fsp3) is 0.615. The Morgan fingerprint density at radius 3 is 2.95 bits per heavy atom. The van der Waals surface area contributed by atoms with Crippen molar-refractivity contribution in [2.75, 3.05) is 13.1 Å². The number of amides is 1. The quantitative estimate of drug-likeness (QED) is 0.669. The smallest absolute Gasteiger partial charge is 0.395 e. The molecule has 1 aromatic rings. The minimum absolute atomic E-state index is 0.00552. The number of nitro groups is 1. The largest absolute Gasteiger partial charge is 0.433 e. The normalized spacial score (nSPS) is 26.2. The molecule has 3 rings (SSSR count). The lowest BCUT2D eigenvalue weighted by molar-refractivity contribution is -0.402. The molecule has 3 heterocycles. The van der Waals surface area contributed by atoms with Crippen molar-refractivity contribution in [2.45, 2.75) is 37.8 Å². The van der Waals surface area contributed by atoms with Crippen LogP contribution >= 0.6 is 0 Å². The summed E-state index contributed by atoms with van der Waals surface area (Å²) in [6.07, 6.45) is 4.45. The Kier molecular flexibility index (Phi) is 3.43. The van der Waals surface area contributed by atoms with E-state index < -0.39 is 10.8 Å². The molecule has 0 aliphatic carbocycles. The number of hydrogen-bond donors (Lipinski definition) is 1. The van der Waals surface area contributed by atoms with Gasteiger partial charge in [0.25, 0.3) is 5.91 Å². The summed E-state index contributed by atoms with van der Waals surface area (Å²) in [5.74, 6) is -0.762. The van der Waals surface area contributed by atoms with E-state index in [1.807, 2.05) is 0 Å². The van der Waals surface area contributed by atoms with E-state index in [1.165, 1.54) is 25.0 Å². The number of rotatable bonds is 3. The molecule has 108 valence electrons. The zero-order valence-corrected chi connectivity index (χ0v) is 11.1. The lowest BCUT2D eigenvalue weighted by Crippen LogP contribution is -2.46. The molecule has 1 N–H and O–H groups in total. The predicted octanol–water partition coefficient (Wildman–Crippen LogP) is 1.54. The van der Waals surface area contributed by atoms with Crippen molar-refractivity contribution in [3.63, 3.8) is 0 Å². The first kappa shape index (κ1) is 13.1. The lowest BCUT2D eigenvalue weighted by Gasteiger charge is -2.32. The molecule has 2 fully saturated rings. The first-order chi connectivity index (χ1) is 9.65. The summed E-state index contributed by atoms with van der Waals surface area (Å²) in [5, 5.41) is 13.5. The van der Waals surface area contributed by atoms with Crippen LogP contribution in [0.15, 0.2) is 16.5 Å². The van der Waals surface area contributed by atoms with Gasteiger partial charge in [0.05, 0.1) is 6.07 Å². The number of carbonyl (C=O) groups is 1. The van der Waals surface area contributed by atoms with E-state index in [0.717, 1.165) is 25.9 Å². The third kappa shape index (κ3) is 2.40. The number of carbonyl (C=O) groups excluding carboxylic acids is 1. The highest BCUT2D eigenvalue weighted by Crippen LogP contribution is 2.27. The summed E-state index contributed by atoms with van der Waals surface area (Å²) in [6.45, 7) is 2.11. The molecule has 2 aliphatic heterocycles. The lowest BCUT2D eigenvalue weighted by atomic mass is 9.99. The van der Waals surface area contributed by atoms with E-state index in [0.29, 0.717) is 6.04 Å². The zero-order chi connectivity index (χ0) is 14.1. The average molecular weight is 279 g/mol. The molecule has 2 atom stereocenters. The molecule has 7 heteroatoms. The van der Waals surface area contributed by atoms with Gasteiger partial charge in [-0.25, -0.2) is 0 Å². The Morgan fingerprint density at radius 1 is 1.35 bits per heavy atom. The topological polar surface area (TPSA) is 88.6 Å². The Bertz CT molecular complexity index is 527. The standard InChI is InChI=1S/C13H17N3O4/c17-13(11-4-5-12(20-11)16(18)19)14-9-6-8-15-7-2-1-3-10(9)15/h4-5,9-10H,1-3,6-8H2,(H,14,17). The van der Waals surface area contributed by atoms with Gasteiger partial charge >= 0.3 is 5.88 Å². The summed E-state index contributed by atoms with van der Waals surface area (Å²) in [6, 6.07) is 3.07. The third-order valence-corrected chi connectivity index (χ3v) is 4.17. The first-order valence-corrected chi connectivity index (χ1v) is 6.94. The van der Waals surface area contributed by atoms with Crippen molar-refractivity contribution in [1.29, 1.82) is 0 Å². The van der Waals surface area contributed by atoms with Gasteiger partial charge in [-0.3, -0.25) is 19.8 Å². The van der Waals surface area contributed by atoms with Crippen LogP contribution in [0.2, 0.25) is 0 Å². The molecule has 0 bridgehead atoms. The summed E-state index contributed by atoms with van der Waals surface area (Å²) in [4.78, 5) is 24.4. The van der Waals surface area contributed by atoms with Crippen LogP contribution in [0.4, 0.5) is 5.88 Å². The van der Waals surface area contributed by atoms with E-state index in [4.69, 9.17) is 4.42 Å². The maximum absolute atomic E-state index is 12.1. The summed E-state index contributed by atoms with van der Waals surface area (Å²) < 4.78 is 4.93. The van der Waals surface area contributed by atoms with Crippen LogP contribution in [0.5, 0.6) is 0 Å². The molecule has 2 unspecified atom stereocenters. The average Bonchev–Trinajstić information content (AvgIpc) is 3.06. The highest BCUT2D eigenvalue weighted by molar-refractivity contribution is 5.92. The molecule has 0 saturated carbocycles. The number of hydrogen-bond acceptors (Lipinski definition) is 5. The highest BCUT2D eigenvalue weighted by atomic mass is 16.6. The van der Waals surface area contributed by atoms with Gasteiger partial charge in [0.1, 0.15) is 4.92 Å². The van der Waals surface area contributed by atoms with Crippen LogP contribution in [-0.2, 0) is 0 Å². The van der Waals surface area contributed by atoms with E-state index >= 15 is 0 Å². The van der Waals surface area contributed by atoms with Crippen LogP contribution in [0.25, 0.3) is 0 Å². The number of piperidine rings is 1. The number of furan rings is 1. The molecule has 0 aromatic carbocycles. The summed E-state index contributed by atoms with van der Waals surface area (Å²) >= 11 is 0. The Balaban J connectivity index is 1.65. The van der Waals surface area contributed by atoms with Crippen LogP contribution in [-0.4, -0.2) is 40.9 Å². The van der Waals surface area contributed by atoms with E-state index in [-0.39, 0.29) is 17.7 Å². The van der Waals surface area contributed by atoms with Crippen molar-refractivity contribution in [1.82, 2.24) is 10.2 Å². The fourth-order valence-electron chi connectivity index (χ4n) is 3.20. The molecule has 1 amide bonds. The monoisotopic (exact) mass is 279 g/mol. The van der Waals surface area contributed by atoms with Crippen molar-refractivity contribution in [3.05, 3.63) is 28.0 Å². The Morgan fingerprint density at radius 2 is 2.20 bits per heavy atom. The number of nitrogens with zero attached hydrogens (tertiary/aromatic N) is 2. The maximum atomic E-state index is 12.1. The molecule has 1 aromatic heterocycles. The molecule has 2 aliphatic rings. The van der Waals surface area contributed by atoms with Gasteiger partial charge in [0.2, 0.25) is 0 Å². The maximum Gasteiger partial charge on any atom is 0.433 e. The van der Waals surface area contributed by atoms with Crippen LogP contribution < -0.4 is 5.32 Å². The predicted molar refractivity (Wildman–Crippen MR) is 70.4 cm³/mol. The Hall–Kier alpha value is -1.89. The first-order valence-electron chi connectivity index (χ1n) is 6.94. The fourth-order valence-corrected chi connectivity index (χ4v) is 3.20. The van der Waals surface area contributed by atoms with E-state index in [2.05, 4.69) is 10.2 Å². The second kappa shape index (κ2) is 5.24. The molecule has 0 spiro atoms. The zero-order valence-electron chi connectivity index (χ0n) is 11.1. The van der Waals surface area contributed by atoms with Gasteiger partial charge in [-0.05, 0) is 31.9 Å². The van der Waals surface area contributed by atoms with Crippen molar-refractivity contribution >= 4 is 11.8 Å². The number of fused-ring (bicyclic) bond motifs is 1. The van der Waals surface area contributed by atoms with E-state index in [1.54, 1.807) is 0 Å². The second-order valence-corrected chi connectivity index (χ2v) is 5.36. The summed E-state index contributed by atoms with van der Waals surface area (Å²) in [5.41, 5.74) is 0. The van der Waals surface area contributed by atoms with Crippen LogP contribution in [0.1, 0.15) is 36.2 Å². The molecule has 0 radical (unpaired) electrons. The van der Waals surface area contributed by atoms with Crippen molar-refractivity contribution in [2.24, 2.45) is 0 Å². The third-order valence-electron chi connectivity index (χ3n) is 4.17. The SMILES string of the molecule is O=C(NC1CCN2CCCCC12)c1ccc([N+](=O)[O-])o1. The van der Waals surface area contributed by atoms with Crippen molar-refractivity contribution < 1.29 is 14.1 Å². The molecule has 2 saturated heterocycles. The van der Waals surface area contributed by atoms with Gasteiger partial charge in [-0.2, -0.15) is 0 Å². The number of nitrogens with one attached hydrogen (secondary N) is 1. The molecule has 20 heavy (non-hydrogen) atoms. The minimum atomic E-state index is -0.644. The van der Waals surface area contributed by atoms with Gasteiger partial charge in [-0.1, -0.05) is 6.42 Å². The highest BCUT2D eigenvalue weighted by Gasteiger charge is 2.36. The van der Waals surface area contributed by atoms with Gasteiger partial charge in [0, 0.05) is 18.6 Å². The van der Waals surface area contributed by atoms with Crippen LogP contribution in [0, 0.1) is 10.1 Å². The van der Waals surface area contributed by atoms with Crippen molar-refractivity contribution in [3.8, 4) is 0 Å².